The second-order valence-corrected chi connectivity index (χ2v) is 6.14. The monoisotopic (exact) mass is 366 g/mol. The molecule has 0 fully saturated rings. The molecule has 0 aliphatic heterocycles. The molecule has 4 rings (SSSR count). The number of alkyl halides is 2. The van der Waals surface area contributed by atoms with Crippen molar-refractivity contribution in [2.24, 2.45) is 0 Å². The topological polar surface area (TPSA) is 44.1 Å². The van der Waals surface area contributed by atoms with Crippen molar-refractivity contribution in [3.8, 4) is 0 Å². The van der Waals surface area contributed by atoms with Gasteiger partial charge in [-0.05, 0) is 28.5 Å². The summed E-state index contributed by atoms with van der Waals surface area (Å²) in [5.41, 5.74) is 1.59. The lowest BCUT2D eigenvalue weighted by Gasteiger charge is -2.09. The van der Waals surface area contributed by atoms with E-state index in [4.69, 9.17) is 4.74 Å². The molecule has 4 aromatic rings. The van der Waals surface area contributed by atoms with Crippen molar-refractivity contribution in [1.29, 1.82) is 0 Å². The van der Waals surface area contributed by atoms with Gasteiger partial charge in [-0.3, -0.25) is 9.36 Å². The highest BCUT2D eigenvalue weighted by atomic mass is 19.3. The first-order valence-corrected chi connectivity index (χ1v) is 8.50. The van der Waals surface area contributed by atoms with E-state index in [0.29, 0.717) is 11.0 Å². The number of ether oxygens (including phenoxy) is 1. The van der Waals surface area contributed by atoms with Crippen molar-refractivity contribution in [2.75, 3.05) is 0 Å². The molecule has 0 aliphatic carbocycles. The summed E-state index contributed by atoms with van der Waals surface area (Å²) in [5, 5.41) is 2.00. The first-order chi connectivity index (χ1) is 13.1. The summed E-state index contributed by atoms with van der Waals surface area (Å²) >= 11 is 0. The maximum Gasteiger partial charge on any atom is 0.320 e. The number of fused-ring (bicyclic) bond motifs is 2. The van der Waals surface area contributed by atoms with E-state index in [9.17, 15) is 13.6 Å². The number of nitrogens with zero attached hydrogens (tertiary/aromatic N) is 2. The van der Waals surface area contributed by atoms with Crippen LogP contribution in [0.5, 0.6) is 0 Å². The fourth-order valence-corrected chi connectivity index (χ4v) is 3.21. The number of carbonyl (C=O) groups excluding carboxylic acids is 1. The number of aromatic nitrogens is 2. The molecule has 0 N–H and O–H groups in total. The molecule has 0 saturated heterocycles. The lowest BCUT2D eigenvalue weighted by molar-refractivity contribution is -0.144. The van der Waals surface area contributed by atoms with Gasteiger partial charge in [0.15, 0.2) is 5.82 Å². The Morgan fingerprint density at radius 2 is 1.74 bits per heavy atom. The molecule has 6 heteroatoms. The van der Waals surface area contributed by atoms with E-state index in [0.717, 1.165) is 20.9 Å². The van der Waals surface area contributed by atoms with Crippen LogP contribution in [-0.4, -0.2) is 15.5 Å². The lowest BCUT2D eigenvalue weighted by atomic mass is 10.0. The zero-order valence-corrected chi connectivity index (χ0v) is 14.3. The van der Waals surface area contributed by atoms with Gasteiger partial charge in [0.2, 0.25) is 0 Å². The van der Waals surface area contributed by atoms with E-state index < -0.39 is 12.5 Å². The molecule has 0 saturated carbocycles. The molecule has 4 nitrogen and oxygen atoms in total. The number of hydrogen-bond donors (Lipinski definition) is 0. The van der Waals surface area contributed by atoms with Gasteiger partial charge in [0.05, 0.1) is 17.5 Å². The minimum absolute atomic E-state index is 0.0254. The smallest absolute Gasteiger partial charge is 0.320 e. The van der Waals surface area contributed by atoms with Gasteiger partial charge in [-0.2, -0.15) is 8.78 Å². The van der Waals surface area contributed by atoms with Gasteiger partial charge in [0.1, 0.15) is 6.61 Å². The summed E-state index contributed by atoms with van der Waals surface area (Å²) in [6, 6.07) is 20.0. The van der Waals surface area contributed by atoms with Crippen molar-refractivity contribution in [2.45, 2.75) is 19.6 Å². The molecular formula is C21H16F2N2O2. The van der Waals surface area contributed by atoms with Gasteiger partial charge in [-0.1, -0.05) is 54.6 Å². The third-order valence-corrected chi connectivity index (χ3v) is 4.44. The maximum absolute atomic E-state index is 13.4. The van der Waals surface area contributed by atoms with Gasteiger partial charge >= 0.3 is 12.5 Å². The molecule has 0 amide bonds. The highest BCUT2D eigenvalue weighted by Gasteiger charge is 2.19. The Hall–Kier alpha value is -3.28. The van der Waals surface area contributed by atoms with Crippen LogP contribution in [0, 0.1) is 0 Å². The fourth-order valence-electron chi connectivity index (χ4n) is 3.21. The lowest BCUT2D eigenvalue weighted by Crippen LogP contribution is -2.12. The van der Waals surface area contributed by atoms with Gasteiger partial charge in [-0.25, -0.2) is 4.98 Å². The molecule has 0 unspecified atom stereocenters. The number of carbonyl (C=O) groups is 1. The molecule has 0 atom stereocenters. The van der Waals surface area contributed by atoms with Crippen molar-refractivity contribution >= 4 is 27.8 Å². The molecule has 27 heavy (non-hydrogen) atoms. The number of halogens is 2. The third-order valence-electron chi connectivity index (χ3n) is 4.44. The number of rotatable bonds is 5. The Kier molecular flexibility index (Phi) is 4.54. The maximum atomic E-state index is 13.4. The third kappa shape index (κ3) is 3.38. The second kappa shape index (κ2) is 7.15. The Morgan fingerprint density at radius 3 is 2.59 bits per heavy atom. The fraction of sp³-hybridized carbons (Fsp3) is 0.143. The van der Waals surface area contributed by atoms with Crippen molar-refractivity contribution in [3.63, 3.8) is 0 Å². The van der Waals surface area contributed by atoms with E-state index in [1.165, 1.54) is 0 Å². The number of hydrogen-bond acceptors (Lipinski definition) is 3. The summed E-state index contributed by atoms with van der Waals surface area (Å²) in [6.07, 6.45) is 0.0657. The van der Waals surface area contributed by atoms with Gasteiger partial charge < -0.3 is 4.74 Å². The Morgan fingerprint density at radius 1 is 1.00 bits per heavy atom. The predicted molar refractivity (Wildman–Crippen MR) is 98.4 cm³/mol. The minimum atomic E-state index is -2.76. The largest absolute Gasteiger partial charge is 0.457 e. The standard InChI is InChI=1S/C21H16F2N2O2/c22-21(23)25-18-11-4-3-10-17(18)24-19(25)13-27-20(26)12-15-8-5-7-14-6-1-2-9-16(14)15/h1-11,21H,12-13H2. The Labute approximate surface area is 154 Å². The van der Waals surface area contributed by atoms with Crippen LogP contribution < -0.4 is 0 Å². The molecule has 136 valence electrons. The summed E-state index contributed by atoms with van der Waals surface area (Å²) in [5.74, 6) is -0.461. The van der Waals surface area contributed by atoms with Crippen LogP contribution in [0.3, 0.4) is 0 Å². The number of imidazole rings is 1. The minimum Gasteiger partial charge on any atom is -0.457 e. The number of esters is 1. The first kappa shape index (κ1) is 17.1. The highest BCUT2D eigenvalue weighted by Crippen LogP contribution is 2.24. The van der Waals surface area contributed by atoms with Crippen LogP contribution in [0.25, 0.3) is 21.8 Å². The molecule has 0 bridgehead atoms. The average molecular weight is 366 g/mol. The summed E-state index contributed by atoms with van der Waals surface area (Å²) in [6.45, 7) is -3.06. The normalized spacial score (nSPS) is 11.4. The zero-order valence-electron chi connectivity index (χ0n) is 14.3. The van der Waals surface area contributed by atoms with E-state index in [1.54, 1.807) is 24.3 Å². The summed E-state index contributed by atoms with van der Waals surface area (Å²) < 4.78 is 32.9. The number of benzene rings is 3. The Balaban J connectivity index is 1.53. The van der Waals surface area contributed by atoms with Crippen LogP contribution in [0.4, 0.5) is 8.78 Å². The SMILES string of the molecule is O=C(Cc1cccc2ccccc12)OCc1nc2ccccc2n1C(F)F. The van der Waals surface area contributed by atoms with Crippen molar-refractivity contribution < 1.29 is 18.3 Å². The number of para-hydroxylation sites is 2. The van der Waals surface area contributed by atoms with Gasteiger partial charge in [0, 0.05) is 0 Å². The summed E-state index contributed by atoms with van der Waals surface area (Å²) in [4.78, 5) is 16.4. The predicted octanol–water partition coefficient (Wildman–Crippen LogP) is 4.87. The average Bonchev–Trinajstić information content (AvgIpc) is 3.05. The van der Waals surface area contributed by atoms with Crippen LogP contribution in [0.1, 0.15) is 17.9 Å². The quantitative estimate of drug-likeness (QED) is 0.473. The van der Waals surface area contributed by atoms with Crippen molar-refractivity contribution in [3.05, 3.63) is 78.1 Å². The van der Waals surface area contributed by atoms with Crippen LogP contribution >= 0.6 is 0 Å². The highest BCUT2D eigenvalue weighted by molar-refractivity contribution is 5.89. The molecular weight excluding hydrogens is 350 g/mol. The Bertz CT molecular complexity index is 1120. The molecule has 3 aromatic carbocycles. The van der Waals surface area contributed by atoms with Gasteiger partial charge in [-0.15, -0.1) is 0 Å². The molecule has 1 heterocycles. The van der Waals surface area contributed by atoms with E-state index in [2.05, 4.69) is 4.98 Å². The zero-order chi connectivity index (χ0) is 18.8. The second-order valence-electron chi connectivity index (χ2n) is 6.14. The first-order valence-electron chi connectivity index (χ1n) is 8.50. The summed E-state index contributed by atoms with van der Waals surface area (Å²) in [7, 11) is 0. The van der Waals surface area contributed by atoms with Crippen LogP contribution in [0.2, 0.25) is 0 Å². The van der Waals surface area contributed by atoms with E-state index >= 15 is 0 Å². The van der Waals surface area contributed by atoms with Crippen molar-refractivity contribution in [1.82, 2.24) is 9.55 Å². The van der Waals surface area contributed by atoms with Crippen LogP contribution in [-0.2, 0) is 22.6 Å². The molecule has 0 spiro atoms. The molecule has 0 aliphatic rings. The van der Waals surface area contributed by atoms with E-state index in [1.807, 2.05) is 42.5 Å². The van der Waals surface area contributed by atoms with E-state index in [-0.39, 0.29) is 18.9 Å². The van der Waals surface area contributed by atoms with Crippen LogP contribution in [0.15, 0.2) is 66.7 Å². The molecule has 1 aromatic heterocycles. The molecule has 0 radical (unpaired) electrons. The van der Waals surface area contributed by atoms with Gasteiger partial charge in [0.25, 0.3) is 0 Å².